The normalized spacial score (nSPS) is 22.0. The fourth-order valence-electron chi connectivity index (χ4n) is 2.63. The summed E-state index contributed by atoms with van der Waals surface area (Å²) in [5.41, 5.74) is 1.52. The molecule has 3 rings (SSSR count). The zero-order chi connectivity index (χ0) is 15.9. The molecule has 1 aliphatic rings. The van der Waals surface area contributed by atoms with E-state index in [4.69, 9.17) is 4.74 Å². The van der Waals surface area contributed by atoms with Crippen LogP contribution in [0.4, 0.5) is 0 Å². The maximum absolute atomic E-state index is 12.6. The lowest BCUT2D eigenvalue weighted by Crippen LogP contribution is -2.38. The van der Waals surface area contributed by atoms with Crippen LogP contribution in [0.5, 0.6) is 0 Å². The Bertz CT molecular complexity index is 848. The number of nitrogens with one attached hydrogen (secondary N) is 1. The Morgan fingerprint density at radius 3 is 2.77 bits per heavy atom. The predicted octanol–water partition coefficient (Wildman–Crippen LogP) is 1.53. The molecule has 0 aliphatic carbocycles. The fourth-order valence-corrected chi connectivity index (χ4v) is 4.02. The summed E-state index contributed by atoms with van der Waals surface area (Å²) in [6.45, 7) is 3.60. The molecule has 2 aromatic rings. The minimum atomic E-state index is -3.83. The van der Waals surface area contributed by atoms with Crippen molar-refractivity contribution in [1.82, 2.24) is 9.71 Å². The van der Waals surface area contributed by atoms with Gasteiger partial charge in [0.2, 0.25) is 10.0 Å². The van der Waals surface area contributed by atoms with Crippen LogP contribution in [0.1, 0.15) is 18.9 Å². The summed E-state index contributed by atoms with van der Waals surface area (Å²) in [4.78, 5) is 16.0. The molecule has 6 nitrogen and oxygen atoms in total. The second-order valence-corrected chi connectivity index (χ2v) is 7.12. The molecule has 0 spiro atoms. The third-order valence-corrected chi connectivity index (χ3v) is 5.22. The van der Waals surface area contributed by atoms with E-state index in [1.54, 1.807) is 31.3 Å². The highest BCUT2D eigenvalue weighted by Gasteiger charge is 2.35. The standard InChI is InChI=1S/C15H16N2O4S/c1-9-5-6-13(11-4-3-7-16-14(9)11)22(19,20)17-12-8-10(2)21-15(12)18/h3-7,10,12,17H,8H2,1-2H3. The zero-order valence-electron chi connectivity index (χ0n) is 12.2. The van der Waals surface area contributed by atoms with Crippen molar-refractivity contribution in [1.29, 1.82) is 0 Å². The number of sulfonamides is 1. The van der Waals surface area contributed by atoms with Gasteiger partial charge in [-0.15, -0.1) is 0 Å². The summed E-state index contributed by atoms with van der Waals surface area (Å²) in [5, 5.41) is 0.536. The monoisotopic (exact) mass is 320 g/mol. The van der Waals surface area contributed by atoms with Crippen LogP contribution in [0.2, 0.25) is 0 Å². The largest absolute Gasteiger partial charge is 0.461 e. The van der Waals surface area contributed by atoms with Crippen molar-refractivity contribution in [2.24, 2.45) is 0 Å². The number of carbonyl (C=O) groups excluding carboxylic acids is 1. The second kappa shape index (κ2) is 5.33. The molecule has 0 amide bonds. The number of hydrogen-bond acceptors (Lipinski definition) is 5. The fraction of sp³-hybridized carbons (Fsp3) is 0.333. The lowest BCUT2D eigenvalue weighted by Gasteiger charge is -2.12. The van der Waals surface area contributed by atoms with Crippen LogP contribution in [0.3, 0.4) is 0 Å². The molecule has 1 saturated heterocycles. The van der Waals surface area contributed by atoms with Gasteiger partial charge in [0.15, 0.2) is 0 Å². The number of ether oxygens (including phenoxy) is 1. The highest BCUT2D eigenvalue weighted by atomic mass is 32.2. The van der Waals surface area contributed by atoms with Gasteiger partial charge >= 0.3 is 5.97 Å². The van der Waals surface area contributed by atoms with E-state index in [1.807, 2.05) is 6.92 Å². The molecule has 22 heavy (non-hydrogen) atoms. The molecule has 1 N–H and O–H groups in total. The first kappa shape index (κ1) is 14.9. The molecule has 0 bridgehead atoms. The third kappa shape index (κ3) is 2.57. The predicted molar refractivity (Wildman–Crippen MR) is 80.8 cm³/mol. The van der Waals surface area contributed by atoms with Crippen molar-refractivity contribution < 1.29 is 17.9 Å². The van der Waals surface area contributed by atoms with Crippen molar-refractivity contribution in [2.45, 2.75) is 37.3 Å². The van der Waals surface area contributed by atoms with Gasteiger partial charge in [-0.25, -0.2) is 8.42 Å². The van der Waals surface area contributed by atoms with Gasteiger partial charge in [0.1, 0.15) is 12.1 Å². The zero-order valence-corrected chi connectivity index (χ0v) is 13.1. The summed E-state index contributed by atoms with van der Waals surface area (Å²) in [6.07, 6.45) is 1.67. The number of pyridine rings is 1. The van der Waals surface area contributed by atoms with E-state index in [9.17, 15) is 13.2 Å². The molecule has 1 aliphatic heterocycles. The van der Waals surface area contributed by atoms with Gasteiger partial charge in [-0.1, -0.05) is 6.07 Å². The average molecular weight is 320 g/mol. The Morgan fingerprint density at radius 1 is 1.32 bits per heavy atom. The first-order valence-corrected chi connectivity index (χ1v) is 8.44. The quantitative estimate of drug-likeness (QED) is 0.867. The number of benzene rings is 1. The van der Waals surface area contributed by atoms with Gasteiger partial charge in [0.25, 0.3) is 0 Å². The maximum atomic E-state index is 12.6. The minimum absolute atomic E-state index is 0.119. The van der Waals surface area contributed by atoms with Crippen LogP contribution >= 0.6 is 0 Å². The van der Waals surface area contributed by atoms with E-state index in [0.717, 1.165) is 5.56 Å². The van der Waals surface area contributed by atoms with Crippen LogP contribution in [-0.4, -0.2) is 31.5 Å². The molecule has 0 radical (unpaired) electrons. The van der Waals surface area contributed by atoms with Crippen LogP contribution in [0.25, 0.3) is 10.9 Å². The van der Waals surface area contributed by atoms with Gasteiger partial charge in [-0.05, 0) is 37.6 Å². The lowest BCUT2D eigenvalue weighted by atomic mass is 10.1. The molecule has 2 atom stereocenters. The van der Waals surface area contributed by atoms with Gasteiger partial charge in [-0.3, -0.25) is 9.78 Å². The Kier molecular flexibility index (Phi) is 3.62. The number of rotatable bonds is 3. The number of cyclic esters (lactones) is 1. The van der Waals surface area contributed by atoms with Crippen molar-refractivity contribution in [3.05, 3.63) is 36.0 Å². The smallest absolute Gasteiger partial charge is 0.324 e. The summed E-state index contributed by atoms with van der Waals surface area (Å²) in [7, 11) is -3.83. The van der Waals surface area contributed by atoms with Gasteiger partial charge < -0.3 is 4.74 Å². The van der Waals surface area contributed by atoms with E-state index < -0.39 is 22.0 Å². The summed E-state index contributed by atoms with van der Waals surface area (Å²) in [6, 6.07) is 5.80. The van der Waals surface area contributed by atoms with Gasteiger partial charge in [0, 0.05) is 18.0 Å². The van der Waals surface area contributed by atoms with Crippen molar-refractivity contribution >= 4 is 26.9 Å². The molecule has 116 valence electrons. The maximum Gasteiger partial charge on any atom is 0.324 e. The number of carbonyl (C=O) groups is 1. The number of esters is 1. The average Bonchev–Trinajstić information content (AvgIpc) is 2.76. The first-order chi connectivity index (χ1) is 10.4. The Morgan fingerprint density at radius 2 is 2.09 bits per heavy atom. The van der Waals surface area contributed by atoms with Crippen molar-refractivity contribution in [3.63, 3.8) is 0 Å². The topological polar surface area (TPSA) is 85.4 Å². The lowest BCUT2D eigenvalue weighted by molar-refractivity contribution is -0.142. The Balaban J connectivity index is 2.03. The van der Waals surface area contributed by atoms with E-state index >= 15 is 0 Å². The van der Waals surface area contributed by atoms with E-state index in [0.29, 0.717) is 17.3 Å². The molecular weight excluding hydrogens is 304 g/mol. The van der Waals surface area contributed by atoms with Crippen molar-refractivity contribution in [2.75, 3.05) is 0 Å². The number of aromatic nitrogens is 1. The Hall–Kier alpha value is -1.99. The molecule has 2 heterocycles. The summed E-state index contributed by atoms with van der Waals surface area (Å²) >= 11 is 0. The van der Waals surface area contributed by atoms with Gasteiger partial charge in [-0.2, -0.15) is 4.72 Å². The van der Waals surface area contributed by atoms with Crippen LogP contribution in [0, 0.1) is 6.92 Å². The molecule has 0 saturated carbocycles. The number of hydrogen-bond donors (Lipinski definition) is 1. The number of fused-ring (bicyclic) bond motifs is 1. The van der Waals surface area contributed by atoms with Gasteiger partial charge in [0.05, 0.1) is 10.4 Å². The van der Waals surface area contributed by atoms with Crippen LogP contribution < -0.4 is 4.72 Å². The van der Waals surface area contributed by atoms with E-state index in [2.05, 4.69) is 9.71 Å². The van der Waals surface area contributed by atoms with Crippen LogP contribution in [-0.2, 0) is 19.6 Å². The minimum Gasteiger partial charge on any atom is -0.461 e. The van der Waals surface area contributed by atoms with Crippen molar-refractivity contribution in [3.8, 4) is 0 Å². The molecule has 1 aromatic heterocycles. The first-order valence-electron chi connectivity index (χ1n) is 6.95. The van der Waals surface area contributed by atoms with Crippen LogP contribution in [0.15, 0.2) is 35.4 Å². The second-order valence-electron chi connectivity index (χ2n) is 5.44. The highest BCUT2D eigenvalue weighted by Crippen LogP contribution is 2.25. The molecule has 1 fully saturated rings. The Labute approximate surface area is 128 Å². The molecule has 1 aromatic carbocycles. The summed E-state index contributed by atoms with van der Waals surface area (Å²) in [5.74, 6) is -0.536. The SMILES string of the molecule is Cc1ccc(S(=O)(=O)NC2CC(C)OC2=O)c2cccnc12. The molecule has 2 unspecified atom stereocenters. The van der Waals surface area contributed by atoms with E-state index in [1.165, 1.54) is 6.07 Å². The summed E-state index contributed by atoms with van der Waals surface area (Å²) < 4.78 is 32.7. The molecule has 7 heteroatoms. The number of aryl methyl sites for hydroxylation is 1. The number of nitrogens with zero attached hydrogens (tertiary/aromatic N) is 1. The highest BCUT2D eigenvalue weighted by molar-refractivity contribution is 7.89. The third-order valence-electron chi connectivity index (χ3n) is 3.69. The molecular formula is C15H16N2O4S. The van der Waals surface area contributed by atoms with E-state index in [-0.39, 0.29) is 11.0 Å².